The molecule has 4 atom stereocenters. The summed E-state index contributed by atoms with van der Waals surface area (Å²) >= 11 is 0. The Morgan fingerprint density at radius 2 is 1.41 bits per heavy atom. The Hall–Kier alpha value is -5.96. The number of carbonyl (C=O) groups excluding carboxylic acids is 2. The highest BCUT2D eigenvalue weighted by Crippen LogP contribution is 2.42. The smallest absolute Gasteiger partial charge is 0.232 e. The Bertz CT molecular complexity index is 2880. The minimum atomic E-state index is -0.817. The van der Waals surface area contributed by atoms with Crippen molar-refractivity contribution in [3.05, 3.63) is 103 Å². The molecule has 8 heterocycles. The van der Waals surface area contributed by atoms with E-state index < -0.39 is 5.60 Å². The highest BCUT2D eigenvalue weighted by molar-refractivity contribution is 5.84. The van der Waals surface area contributed by atoms with Gasteiger partial charge < -0.3 is 34.3 Å². The molecule has 366 valence electrons. The normalized spacial score (nSPS) is 24.4. The van der Waals surface area contributed by atoms with Gasteiger partial charge in [0.15, 0.2) is 12.2 Å². The van der Waals surface area contributed by atoms with Crippen LogP contribution in [0.2, 0.25) is 0 Å². The average molecular weight is 946 g/mol. The standard InChI is InChI=1S/C56H69N10O4/c1-4-58-20-16-40(34-58)37-70-47-13-9-42(10-14-47)45-32-53-50(60-23-27-61(28-24-60)54(67)43-5-6-43)17-21-65(66(53)36-45)51-33-48(51)55(68)62-29-25-59(26-30-62)49-15-19-57-64-35-44(31-52(49)64)41-7-11-46(12-8-41)56(69)18-22-63(38-56)39(2)3/h7-15,17,19,21,31-32,35-36,39-40,43,48,51,69H,4-6,16,18,20,22-30,33-34,37-38H2,1-3H3/q+1. The molecule has 4 saturated heterocycles. The zero-order valence-corrected chi connectivity index (χ0v) is 41.2. The SMILES string of the molecule is CCN1CCC(COc2ccc(-c3cc4c(N5CCN(C(=O)C6CC6)CC5)cc[n+](C5CC5C(=O)N5CCN(c6ccnn7cc(-c8ccc(C9(O)CCN(C(C)C)C9)cc8)cc67)CC5)n4c3)cc2)C1. The first-order valence-electron chi connectivity index (χ1n) is 26.2. The predicted molar refractivity (Wildman–Crippen MR) is 272 cm³/mol. The van der Waals surface area contributed by atoms with Crippen molar-refractivity contribution in [3.8, 4) is 28.0 Å². The van der Waals surface area contributed by atoms with Gasteiger partial charge in [-0.05, 0) is 99.6 Å². The molecule has 4 aliphatic heterocycles. The van der Waals surface area contributed by atoms with Crippen molar-refractivity contribution >= 4 is 34.2 Å². The van der Waals surface area contributed by atoms with E-state index in [4.69, 9.17) is 4.74 Å². The molecule has 2 amide bonds. The summed E-state index contributed by atoms with van der Waals surface area (Å²) in [5, 5.41) is 16.2. The number of piperazine rings is 2. The van der Waals surface area contributed by atoms with E-state index in [9.17, 15) is 14.7 Å². The van der Waals surface area contributed by atoms with Gasteiger partial charge in [0.1, 0.15) is 22.8 Å². The molecule has 6 aliphatic rings. The second-order valence-corrected chi connectivity index (χ2v) is 21.4. The molecule has 1 N–H and O–H groups in total. The molecule has 2 aliphatic carbocycles. The second kappa shape index (κ2) is 18.3. The number of aliphatic hydroxyl groups is 1. The third-order valence-electron chi connectivity index (χ3n) is 16.6. The number of amides is 2. The number of benzene rings is 2. The molecule has 2 saturated carbocycles. The van der Waals surface area contributed by atoms with Crippen LogP contribution in [-0.2, 0) is 15.2 Å². The Morgan fingerprint density at radius 1 is 0.757 bits per heavy atom. The second-order valence-electron chi connectivity index (χ2n) is 21.4. The Labute approximate surface area is 411 Å². The van der Waals surface area contributed by atoms with Gasteiger partial charge in [-0.1, -0.05) is 43.3 Å². The Balaban J connectivity index is 0.727. The summed E-state index contributed by atoms with van der Waals surface area (Å²) in [6.45, 7) is 18.2. The first kappa shape index (κ1) is 45.2. The summed E-state index contributed by atoms with van der Waals surface area (Å²) < 4.78 is 12.8. The summed E-state index contributed by atoms with van der Waals surface area (Å²) in [7, 11) is 0. The lowest BCUT2D eigenvalue weighted by Gasteiger charge is -2.36. The lowest BCUT2D eigenvalue weighted by atomic mass is 9.91. The predicted octanol–water partition coefficient (Wildman–Crippen LogP) is 6.20. The molecule has 0 spiro atoms. The molecule has 70 heavy (non-hydrogen) atoms. The van der Waals surface area contributed by atoms with Crippen LogP contribution in [0.3, 0.4) is 0 Å². The van der Waals surface area contributed by atoms with Crippen molar-refractivity contribution in [2.24, 2.45) is 17.8 Å². The number of hydrogen-bond acceptors (Lipinski definition) is 9. The number of β-amino-alcohol motifs (C(OH)–C–C–N with tert-alkyl or cyclic N) is 1. The molecule has 14 nitrogen and oxygen atoms in total. The van der Waals surface area contributed by atoms with Crippen LogP contribution in [0, 0.1) is 17.8 Å². The van der Waals surface area contributed by atoms with Crippen molar-refractivity contribution in [2.45, 2.75) is 70.6 Å². The minimum Gasteiger partial charge on any atom is -0.493 e. The van der Waals surface area contributed by atoms with Crippen LogP contribution >= 0.6 is 0 Å². The zero-order valence-electron chi connectivity index (χ0n) is 41.2. The van der Waals surface area contributed by atoms with Crippen molar-refractivity contribution in [1.29, 1.82) is 0 Å². The fraction of sp³-hybridized carbons (Fsp3) is 0.500. The van der Waals surface area contributed by atoms with Crippen LogP contribution in [0.5, 0.6) is 5.75 Å². The first-order valence-corrected chi connectivity index (χ1v) is 26.2. The molecule has 4 aromatic heterocycles. The molecular formula is C56H69N10O4+. The largest absolute Gasteiger partial charge is 0.493 e. The highest BCUT2D eigenvalue weighted by Gasteiger charge is 2.54. The number of anilines is 2. The van der Waals surface area contributed by atoms with Gasteiger partial charge in [-0.2, -0.15) is 5.10 Å². The maximum Gasteiger partial charge on any atom is 0.232 e. The fourth-order valence-corrected chi connectivity index (χ4v) is 11.9. The molecule has 14 heteroatoms. The molecule has 6 aromatic rings. The molecular weight excluding hydrogens is 877 g/mol. The van der Waals surface area contributed by atoms with E-state index in [1.54, 1.807) is 0 Å². The number of carbonyl (C=O) groups is 2. The summed E-state index contributed by atoms with van der Waals surface area (Å²) in [4.78, 5) is 41.1. The van der Waals surface area contributed by atoms with E-state index in [0.717, 1.165) is 154 Å². The van der Waals surface area contributed by atoms with Gasteiger partial charge in [0.25, 0.3) is 0 Å². The van der Waals surface area contributed by atoms with Gasteiger partial charge in [-0.25, -0.2) is 4.52 Å². The lowest BCUT2D eigenvalue weighted by molar-refractivity contribution is -0.768. The molecule has 0 bridgehead atoms. The van der Waals surface area contributed by atoms with Gasteiger partial charge in [0, 0.05) is 126 Å². The maximum atomic E-state index is 14.3. The summed E-state index contributed by atoms with van der Waals surface area (Å²) in [6, 6.07) is 26.2. The lowest BCUT2D eigenvalue weighted by Crippen LogP contribution is -2.51. The van der Waals surface area contributed by atoms with E-state index in [0.29, 0.717) is 37.5 Å². The van der Waals surface area contributed by atoms with Crippen molar-refractivity contribution in [2.75, 3.05) is 101 Å². The maximum absolute atomic E-state index is 14.3. The molecule has 4 unspecified atom stereocenters. The number of fused-ring (bicyclic) bond motifs is 2. The van der Waals surface area contributed by atoms with Gasteiger partial charge in [0.05, 0.1) is 29.7 Å². The average Bonchev–Trinajstić information content (AvgIpc) is 4.15. The van der Waals surface area contributed by atoms with E-state index in [2.05, 4.69) is 156 Å². The number of aromatic nitrogens is 4. The van der Waals surface area contributed by atoms with Crippen molar-refractivity contribution in [3.63, 3.8) is 0 Å². The van der Waals surface area contributed by atoms with Gasteiger partial charge in [-0.3, -0.25) is 14.5 Å². The molecule has 6 fully saturated rings. The van der Waals surface area contributed by atoms with Crippen molar-refractivity contribution < 1.29 is 24.1 Å². The summed E-state index contributed by atoms with van der Waals surface area (Å²) in [5.74, 6) is 2.20. The van der Waals surface area contributed by atoms with E-state index >= 15 is 0 Å². The number of ether oxygens (including phenoxy) is 1. The van der Waals surface area contributed by atoms with Gasteiger partial charge >= 0.3 is 0 Å². The Morgan fingerprint density at radius 3 is 2.07 bits per heavy atom. The summed E-state index contributed by atoms with van der Waals surface area (Å²) in [5.41, 5.74) is 9.02. The van der Waals surface area contributed by atoms with Gasteiger partial charge in [0.2, 0.25) is 11.8 Å². The third kappa shape index (κ3) is 8.70. The van der Waals surface area contributed by atoms with Crippen LogP contribution < -0.4 is 19.2 Å². The topological polar surface area (TPSA) is 109 Å². The van der Waals surface area contributed by atoms with E-state index in [1.807, 2.05) is 10.7 Å². The van der Waals surface area contributed by atoms with Crippen LogP contribution in [0.1, 0.15) is 64.5 Å². The third-order valence-corrected chi connectivity index (χ3v) is 16.6. The van der Waals surface area contributed by atoms with E-state index in [-0.39, 0.29) is 23.8 Å². The summed E-state index contributed by atoms with van der Waals surface area (Å²) in [6.07, 6.45) is 13.2. The first-order chi connectivity index (χ1) is 34.1. The molecule has 0 radical (unpaired) electrons. The number of nitrogens with zero attached hydrogens (tertiary/aromatic N) is 10. The molecule has 2 aromatic carbocycles. The monoisotopic (exact) mass is 946 g/mol. The number of likely N-dealkylation sites (tertiary alicyclic amines) is 2. The quantitative estimate of drug-likeness (QED) is 0.136. The Kier molecular flexibility index (Phi) is 11.8. The number of rotatable bonds is 13. The molecule has 12 rings (SSSR count). The highest BCUT2D eigenvalue weighted by atomic mass is 16.5. The zero-order chi connectivity index (χ0) is 47.7. The van der Waals surface area contributed by atoms with Gasteiger partial charge in [-0.15, -0.1) is 9.20 Å². The van der Waals surface area contributed by atoms with Crippen LogP contribution in [0.25, 0.3) is 33.3 Å². The minimum absolute atomic E-state index is 0.0640. The van der Waals surface area contributed by atoms with Crippen LogP contribution in [-0.4, -0.2) is 148 Å². The van der Waals surface area contributed by atoms with Crippen LogP contribution in [0.4, 0.5) is 11.4 Å². The fourth-order valence-electron chi connectivity index (χ4n) is 11.9. The number of hydrogen-bond donors (Lipinski definition) is 1. The van der Waals surface area contributed by atoms with E-state index in [1.165, 1.54) is 6.42 Å². The van der Waals surface area contributed by atoms with Crippen LogP contribution in [0.15, 0.2) is 97.6 Å². The van der Waals surface area contributed by atoms with Crippen molar-refractivity contribution in [1.82, 2.24) is 33.7 Å².